The van der Waals surface area contributed by atoms with Crippen LogP contribution in [0.25, 0.3) is 0 Å². The van der Waals surface area contributed by atoms with Crippen molar-refractivity contribution in [1.29, 1.82) is 0 Å². The van der Waals surface area contributed by atoms with Crippen molar-refractivity contribution in [2.75, 3.05) is 37.7 Å². The van der Waals surface area contributed by atoms with E-state index in [9.17, 15) is 14.3 Å². The Bertz CT molecular complexity index is 730. The predicted molar refractivity (Wildman–Crippen MR) is 93.1 cm³/mol. The average Bonchev–Trinajstić information content (AvgIpc) is 2.67. The lowest BCUT2D eigenvalue weighted by atomic mass is 10.2. The predicted octanol–water partition coefficient (Wildman–Crippen LogP) is 2.05. The van der Waals surface area contributed by atoms with E-state index in [1.807, 2.05) is 17.0 Å². The van der Waals surface area contributed by atoms with E-state index in [1.165, 1.54) is 6.07 Å². The van der Waals surface area contributed by atoms with Crippen molar-refractivity contribution < 1.29 is 19.0 Å². The molecule has 1 N–H and O–H groups in total. The van der Waals surface area contributed by atoms with Crippen molar-refractivity contribution in [2.24, 2.45) is 0 Å². The van der Waals surface area contributed by atoms with E-state index in [-0.39, 0.29) is 24.9 Å². The second-order valence-electron chi connectivity index (χ2n) is 5.87. The standard InChI is InChI=1S/C19H21FN2O3/c20-16-6-2-3-7-17(16)21-9-11-22(12-10-21)19(24)14-25-18-8-4-1-5-15(18)13-23/h1-8,23H,9-14H2. The number of hydrogen-bond acceptors (Lipinski definition) is 4. The maximum absolute atomic E-state index is 13.8. The molecule has 1 heterocycles. The number of amides is 1. The number of aliphatic hydroxyl groups is 1. The minimum absolute atomic E-state index is 0.0727. The second-order valence-corrected chi connectivity index (χ2v) is 5.87. The first-order valence-electron chi connectivity index (χ1n) is 8.28. The smallest absolute Gasteiger partial charge is 0.260 e. The monoisotopic (exact) mass is 344 g/mol. The molecular formula is C19H21FN2O3. The Kier molecular flexibility index (Phi) is 5.50. The summed E-state index contributed by atoms with van der Waals surface area (Å²) >= 11 is 0. The van der Waals surface area contributed by atoms with E-state index in [1.54, 1.807) is 35.2 Å². The summed E-state index contributed by atoms with van der Waals surface area (Å²) in [5, 5.41) is 9.28. The molecule has 0 spiro atoms. The van der Waals surface area contributed by atoms with E-state index < -0.39 is 0 Å². The van der Waals surface area contributed by atoms with E-state index in [2.05, 4.69) is 0 Å². The normalized spacial score (nSPS) is 14.5. The van der Waals surface area contributed by atoms with E-state index >= 15 is 0 Å². The van der Waals surface area contributed by atoms with Gasteiger partial charge in [-0.05, 0) is 18.2 Å². The van der Waals surface area contributed by atoms with Crippen LogP contribution in [0.15, 0.2) is 48.5 Å². The number of carbonyl (C=O) groups excluding carboxylic acids is 1. The first-order valence-corrected chi connectivity index (χ1v) is 8.28. The number of rotatable bonds is 5. The Morgan fingerprint density at radius 2 is 1.72 bits per heavy atom. The van der Waals surface area contributed by atoms with Crippen LogP contribution in [0.2, 0.25) is 0 Å². The van der Waals surface area contributed by atoms with Gasteiger partial charge >= 0.3 is 0 Å². The molecule has 1 fully saturated rings. The van der Waals surface area contributed by atoms with Crippen molar-refractivity contribution in [2.45, 2.75) is 6.61 Å². The molecular weight excluding hydrogens is 323 g/mol. The first-order chi connectivity index (χ1) is 12.2. The highest BCUT2D eigenvalue weighted by Gasteiger charge is 2.23. The van der Waals surface area contributed by atoms with Gasteiger partial charge in [0.15, 0.2) is 6.61 Å². The van der Waals surface area contributed by atoms with Gasteiger partial charge in [0.1, 0.15) is 11.6 Å². The highest BCUT2D eigenvalue weighted by atomic mass is 19.1. The summed E-state index contributed by atoms with van der Waals surface area (Å²) < 4.78 is 19.4. The maximum Gasteiger partial charge on any atom is 0.260 e. The Morgan fingerprint density at radius 3 is 2.44 bits per heavy atom. The van der Waals surface area contributed by atoms with Gasteiger partial charge in [0, 0.05) is 31.7 Å². The van der Waals surface area contributed by atoms with Gasteiger partial charge in [-0.3, -0.25) is 4.79 Å². The summed E-state index contributed by atoms with van der Waals surface area (Å²) in [6.45, 7) is 2.01. The van der Waals surface area contributed by atoms with Crippen LogP contribution in [0.3, 0.4) is 0 Å². The number of piperazine rings is 1. The fourth-order valence-electron chi connectivity index (χ4n) is 2.91. The van der Waals surface area contributed by atoms with Gasteiger partial charge in [-0.2, -0.15) is 0 Å². The van der Waals surface area contributed by atoms with Crippen molar-refractivity contribution in [3.05, 3.63) is 59.9 Å². The number of carbonyl (C=O) groups is 1. The fourth-order valence-corrected chi connectivity index (χ4v) is 2.91. The van der Waals surface area contributed by atoms with Gasteiger partial charge in [-0.15, -0.1) is 0 Å². The van der Waals surface area contributed by atoms with Crippen molar-refractivity contribution in [3.63, 3.8) is 0 Å². The maximum atomic E-state index is 13.8. The van der Waals surface area contributed by atoms with Gasteiger partial charge in [-0.1, -0.05) is 30.3 Å². The molecule has 2 aromatic rings. The zero-order valence-corrected chi connectivity index (χ0v) is 13.9. The third kappa shape index (κ3) is 4.09. The molecule has 3 rings (SSSR count). The van der Waals surface area contributed by atoms with Crippen LogP contribution >= 0.6 is 0 Å². The van der Waals surface area contributed by atoms with E-state index in [0.717, 1.165) is 0 Å². The van der Waals surface area contributed by atoms with Crippen molar-refractivity contribution >= 4 is 11.6 Å². The van der Waals surface area contributed by atoms with Gasteiger partial charge in [-0.25, -0.2) is 4.39 Å². The fraction of sp³-hybridized carbons (Fsp3) is 0.316. The summed E-state index contributed by atoms with van der Waals surface area (Å²) in [5.41, 5.74) is 1.22. The molecule has 0 saturated carbocycles. The third-order valence-electron chi connectivity index (χ3n) is 4.32. The molecule has 0 aromatic heterocycles. The number of nitrogens with zero attached hydrogens (tertiary/aromatic N) is 2. The molecule has 6 heteroatoms. The molecule has 0 bridgehead atoms. The number of ether oxygens (including phenoxy) is 1. The van der Waals surface area contributed by atoms with Crippen LogP contribution in [0.5, 0.6) is 5.75 Å². The highest BCUT2D eigenvalue weighted by molar-refractivity contribution is 5.78. The van der Waals surface area contributed by atoms with E-state index in [4.69, 9.17) is 4.74 Å². The lowest BCUT2D eigenvalue weighted by molar-refractivity contribution is -0.133. The molecule has 1 aliphatic rings. The zero-order chi connectivity index (χ0) is 17.6. The van der Waals surface area contributed by atoms with Crippen LogP contribution < -0.4 is 9.64 Å². The SMILES string of the molecule is O=C(COc1ccccc1CO)N1CCN(c2ccccc2F)CC1. The van der Waals surface area contributed by atoms with Crippen LogP contribution in [0, 0.1) is 5.82 Å². The number of anilines is 1. The molecule has 5 nitrogen and oxygen atoms in total. The minimum Gasteiger partial charge on any atom is -0.483 e. The van der Waals surface area contributed by atoms with Crippen LogP contribution in [-0.2, 0) is 11.4 Å². The molecule has 1 aliphatic heterocycles. The number of hydrogen-bond donors (Lipinski definition) is 1. The number of para-hydroxylation sites is 2. The Morgan fingerprint density at radius 1 is 1.04 bits per heavy atom. The number of aliphatic hydroxyl groups excluding tert-OH is 1. The van der Waals surface area contributed by atoms with Crippen molar-refractivity contribution in [1.82, 2.24) is 4.90 Å². The lowest BCUT2D eigenvalue weighted by Crippen LogP contribution is -2.50. The Labute approximate surface area is 146 Å². The average molecular weight is 344 g/mol. The summed E-state index contributed by atoms with van der Waals surface area (Å²) in [6.07, 6.45) is 0. The minimum atomic E-state index is -0.244. The molecule has 0 atom stereocenters. The quantitative estimate of drug-likeness (QED) is 0.902. The third-order valence-corrected chi connectivity index (χ3v) is 4.32. The topological polar surface area (TPSA) is 53.0 Å². The largest absolute Gasteiger partial charge is 0.483 e. The van der Waals surface area contributed by atoms with Crippen LogP contribution in [0.4, 0.5) is 10.1 Å². The summed E-state index contributed by atoms with van der Waals surface area (Å²) in [7, 11) is 0. The zero-order valence-electron chi connectivity index (χ0n) is 13.9. The highest BCUT2D eigenvalue weighted by Crippen LogP contribution is 2.21. The molecule has 132 valence electrons. The van der Waals surface area contributed by atoms with Gasteiger partial charge in [0.25, 0.3) is 5.91 Å². The molecule has 1 amide bonds. The van der Waals surface area contributed by atoms with E-state index in [0.29, 0.717) is 43.2 Å². The molecule has 0 aliphatic carbocycles. The molecule has 2 aromatic carbocycles. The number of benzene rings is 2. The molecule has 0 radical (unpaired) electrons. The molecule has 25 heavy (non-hydrogen) atoms. The summed E-state index contributed by atoms with van der Waals surface area (Å²) in [5.74, 6) is 0.162. The molecule has 0 unspecified atom stereocenters. The first kappa shape index (κ1) is 17.2. The molecule has 1 saturated heterocycles. The second kappa shape index (κ2) is 7.98. The van der Waals surface area contributed by atoms with Gasteiger partial charge in [0.2, 0.25) is 0 Å². The summed E-state index contributed by atoms with van der Waals surface area (Å²) in [6, 6.07) is 13.8. The van der Waals surface area contributed by atoms with Gasteiger partial charge < -0.3 is 19.6 Å². The Balaban J connectivity index is 1.53. The Hall–Kier alpha value is -2.60. The van der Waals surface area contributed by atoms with Crippen LogP contribution in [0.1, 0.15) is 5.56 Å². The number of halogens is 1. The van der Waals surface area contributed by atoms with Gasteiger partial charge in [0.05, 0.1) is 12.3 Å². The summed E-state index contributed by atoms with van der Waals surface area (Å²) in [4.78, 5) is 16.0. The lowest BCUT2D eigenvalue weighted by Gasteiger charge is -2.36. The van der Waals surface area contributed by atoms with Crippen LogP contribution in [-0.4, -0.2) is 48.7 Å². The van der Waals surface area contributed by atoms with Crippen molar-refractivity contribution in [3.8, 4) is 5.75 Å².